The lowest BCUT2D eigenvalue weighted by Gasteiger charge is -2.32. The Hall–Kier alpha value is -3.58. The number of amides is 2. The number of Topliss-reactive ketones (excluding diaryl/α,β-unsaturated/α-hetero) is 1. The predicted octanol–water partition coefficient (Wildman–Crippen LogP) is 1.94. The zero-order valence-corrected chi connectivity index (χ0v) is 24.1. The molecular weight excluding hydrogens is 551 g/mol. The first-order valence-corrected chi connectivity index (χ1v) is 14.6. The van der Waals surface area contributed by atoms with Gasteiger partial charge in [-0.15, -0.1) is 11.3 Å². The first kappa shape index (κ1) is 28.9. The van der Waals surface area contributed by atoms with Gasteiger partial charge in [0.25, 0.3) is 5.91 Å². The van der Waals surface area contributed by atoms with Crippen molar-refractivity contribution in [1.29, 1.82) is 5.53 Å². The maximum absolute atomic E-state index is 15.3. The molecule has 4 heterocycles. The summed E-state index contributed by atoms with van der Waals surface area (Å²) in [6.45, 7) is 7.33. The fraction of sp³-hybridized carbons (Fsp3) is 0.556. The zero-order valence-electron chi connectivity index (χ0n) is 23.2. The molecule has 2 aromatic rings. The molecule has 0 saturated carbocycles. The number of hydrogen-bond donors (Lipinski definition) is 2. The molecule has 3 saturated heterocycles. The number of rotatable bonds is 8. The molecule has 4 atom stereocenters. The average molecular weight is 586 g/mol. The van der Waals surface area contributed by atoms with Gasteiger partial charge in [0.05, 0.1) is 12.2 Å². The average Bonchev–Trinajstić information content (AvgIpc) is 3.66. The van der Waals surface area contributed by atoms with Crippen LogP contribution in [0, 0.1) is 17.3 Å². The van der Waals surface area contributed by atoms with Crippen LogP contribution in [0.25, 0.3) is 11.3 Å². The normalized spacial score (nSPS) is 23.4. The van der Waals surface area contributed by atoms with E-state index in [-0.39, 0.29) is 30.4 Å². The van der Waals surface area contributed by atoms with Crippen molar-refractivity contribution in [2.45, 2.75) is 44.5 Å². The molecule has 2 amide bonds. The predicted molar refractivity (Wildman–Crippen MR) is 149 cm³/mol. The molecule has 0 unspecified atom stereocenters. The SMILES string of the molecule is CC(C)C[C@H](NC(=O)c1ccc(-c2csc(N3CCN(C)CC3)n2)c(F)c1)C(=O)N1C[C@@H](N=[N+]=N)[C@H]2OCC(=O)[C@H]21. The fourth-order valence-electron chi connectivity index (χ4n) is 5.56. The third-order valence-corrected chi connectivity index (χ3v) is 8.63. The van der Waals surface area contributed by atoms with Crippen molar-refractivity contribution in [3.8, 4) is 11.3 Å². The highest BCUT2D eigenvalue weighted by molar-refractivity contribution is 7.14. The Morgan fingerprint density at radius 1 is 1.29 bits per heavy atom. The standard InChI is InChI=1S/C27H33FN8O4S/c1-15(2)10-19(26(39)36-12-20(32-33-29)24-23(36)22(37)13-40-24)30-25(38)16-4-5-17(18(28)11-16)21-14-41-27(31-21)35-8-6-34(3)7-9-35/h4-5,11,14-15,19-20,23-24,29H,6-10,12-13H2,1-3H3/p+1/t19-,20+,23+,24+/m0/s1. The van der Waals surface area contributed by atoms with Crippen LogP contribution in [0.15, 0.2) is 28.7 Å². The number of anilines is 1. The molecule has 41 heavy (non-hydrogen) atoms. The number of likely N-dealkylation sites (N-methyl/N-ethyl adjacent to an activating group) is 1. The van der Waals surface area contributed by atoms with E-state index in [2.05, 4.69) is 37.2 Å². The molecular formula is C27H34FN8O4S+. The summed E-state index contributed by atoms with van der Waals surface area (Å²) in [7, 11) is 2.08. The minimum atomic E-state index is -0.948. The first-order chi connectivity index (χ1) is 19.7. The quantitative estimate of drug-likeness (QED) is 0.356. The Labute approximate surface area is 241 Å². The fourth-order valence-corrected chi connectivity index (χ4v) is 6.44. The van der Waals surface area contributed by atoms with Crippen LogP contribution in [0.1, 0.15) is 30.6 Å². The molecule has 0 aliphatic carbocycles. The molecule has 0 radical (unpaired) electrons. The van der Waals surface area contributed by atoms with Gasteiger partial charge in [-0.25, -0.2) is 9.37 Å². The topological polar surface area (TPSA) is 145 Å². The van der Waals surface area contributed by atoms with Crippen LogP contribution >= 0.6 is 11.3 Å². The van der Waals surface area contributed by atoms with E-state index < -0.39 is 41.9 Å². The van der Waals surface area contributed by atoms with Crippen molar-refractivity contribution in [3.63, 3.8) is 0 Å². The number of thiazole rings is 1. The van der Waals surface area contributed by atoms with Crippen LogP contribution < -0.4 is 15.1 Å². The van der Waals surface area contributed by atoms with Gasteiger partial charge in [0.15, 0.2) is 17.0 Å². The lowest BCUT2D eigenvalue weighted by Crippen LogP contribution is -2.52. The zero-order chi connectivity index (χ0) is 29.3. The number of nitrogens with one attached hydrogen (secondary N) is 2. The van der Waals surface area contributed by atoms with E-state index in [1.807, 2.05) is 19.2 Å². The molecule has 5 rings (SSSR count). The number of halogens is 1. The molecule has 0 spiro atoms. The van der Waals surface area contributed by atoms with E-state index in [1.165, 1.54) is 28.4 Å². The summed E-state index contributed by atoms with van der Waals surface area (Å²) < 4.78 is 20.8. The minimum Gasteiger partial charge on any atom is -0.365 e. The second-order valence-electron chi connectivity index (χ2n) is 11.1. The van der Waals surface area contributed by atoms with Gasteiger partial charge in [0, 0.05) is 42.7 Å². The minimum absolute atomic E-state index is 0.0418. The summed E-state index contributed by atoms with van der Waals surface area (Å²) in [6.07, 6.45) is -0.355. The van der Waals surface area contributed by atoms with Crippen LogP contribution in [0.4, 0.5) is 9.52 Å². The summed E-state index contributed by atoms with van der Waals surface area (Å²) in [5.74, 6) is -1.84. The number of hydrogen-bond acceptors (Lipinski definition) is 10. The number of nitrogens with zero attached hydrogens (tertiary/aromatic N) is 6. The van der Waals surface area contributed by atoms with Crippen molar-refractivity contribution in [2.75, 3.05) is 51.3 Å². The molecule has 3 aliphatic heterocycles. The van der Waals surface area contributed by atoms with E-state index in [1.54, 1.807) is 0 Å². The molecule has 3 fully saturated rings. The van der Waals surface area contributed by atoms with Gasteiger partial charge in [0.2, 0.25) is 10.8 Å². The van der Waals surface area contributed by atoms with E-state index in [4.69, 9.17) is 10.3 Å². The van der Waals surface area contributed by atoms with Gasteiger partial charge in [-0.05, 0) is 37.6 Å². The molecule has 0 bridgehead atoms. The van der Waals surface area contributed by atoms with Crippen LogP contribution in [-0.2, 0) is 14.3 Å². The lowest BCUT2D eigenvalue weighted by molar-refractivity contribution is -0.138. The summed E-state index contributed by atoms with van der Waals surface area (Å²) in [4.78, 5) is 52.9. The number of piperazine rings is 1. The molecule has 14 heteroatoms. The van der Waals surface area contributed by atoms with Gasteiger partial charge in [-0.3, -0.25) is 14.4 Å². The number of fused-ring (bicyclic) bond motifs is 1. The van der Waals surface area contributed by atoms with Crippen LogP contribution in [-0.4, -0.2) is 103 Å². The number of benzene rings is 1. The van der Waals surface area contributed by atoms with Crippen molar-refractivity contribution in [3.05, 3.63) is 35.0 Å². The Morgan fingerprint density at radius 2 is 2.05 bits per heavy atom. The highest BCUT2D eigenvalue weighted by atomic mass is 32.1. The van der Waals surface area contributed by atoms with E-state index in [9.17, 15) is 14.4 Å². The van der Waals surface area contributed by atoms with Crippen molar-refractivity contribution in [2.24, 2.45) is 11.0 Å². The molecule has 218 valence electrons. The molecule has 1 aromatic carbocycles. The number of ether oxygens (including phenoxy) is 1. The van der Waals surface area contributed by atoms with E-state index in [0.29, 0.717) is 17.7 Å². The van der Waals surface area contributed by atoms with Gasteiger partial charge in [-0.2, -0.15) is 0 Å². The van der Waals surface area contributed by atoms with Crippen LogP contribution in [0.2, 0.25) is 0 Å². The monoisotopic (exact) mass is 585 g/mol. The molecule has 1 aromatic heterocycles. The Kier molecular flexibility index (Phi) is 8.55. The molecule has 2 N–H and O–H groups in total. The number of likely N-dealkylation sites (tertiary alicyclic amines) is 1. The number of ketones is 1. The molecule has 12 nitrogen and oxygen atoms in total. The van der Waals surface area contributed by atoms with Crippen molar-refractivity contribution < 1.29 is 23.5 Å². The Bertz CT molecular complexity index is 1370. The van der Waals surface area contributed by atoms with Gasteiger partial charge >= 0.3 is 0 Å². The number of carbonyl (C=O) groups is 3. The van der Waals surface area contributed by atoms with Gasteiger partial charge < -0.3 is 24.8 Å². The van der Waals surface area contributed by atoms with Crippen molar-refractivity contribution in [1.82, 2.24) is 25.0 Å². The van der Waals surface area contributed by atoms with E-state index in [0.717, 1.165) is 37.4 Å². The maximum Gasteiger partial charge on any atom is 0.252 e. The van der Waals surface area contributed by atoms with Crippen LogP contribution in [0.3, 0.4) is 0 Å². The second kappa shape index (κ2) is 12.1. The smallest absolute Gasteiger partial charge is 0.252 e. The second-order valence-corrected chi connectivity index (χ2v) is 12.0. The van der Waals surface area contributed by atoms with Gasteiger partial charge in [0.1, 0.15) is 41.3 Å². The Balaban J connectivity index is 1.30. The molecule has 3 aliphatic rings. The first-order valence-electron chi connectivity index (χ1n) is 13.7. The summed E-state index contributed by atoms with van der Waals surface area (Å²) >= 11 is 1.46. The highest BCUT2D eigenvalue weighted by Crippen LogP contribution is 2.32. The summed E-state index contributed by atoms with van der Waals surface area (Å²) in [6, 6.07) is 1.78. The summed E-state index contributed by atoms with van der Waals surface area (Å²) in [5, 5.41) is 9.23. The van der Waals surface area contributed by atoms with Crippen molar-refractivity contribution >= 4 is 34.1 Å². The summed E-state index contributed by atoms with van der Waals surface area (Å²) in [5.41, 5.74) is 7.94. The third kappa shape index (κ3) is 6.05. The number of carbonyl (C=O) groups excluding carboxylic acids is 3. The van der Waals surface area contributed by atoms with E-state index >= 15 is 4.39 Å². The largest absolute Gasteiger partial charge is 0.365 e. The van der Waals surface area contributed by atoms with Gasteiger partial charge in [-0.1, -0.05) is 13.8 Å². The highest BCUT2D eigenvalue weighted by Gasteiger charge is 2.55. The van der Waals surface area contributed by atoms with Crippen LogP contribution in [0.5, 0.6) is 0 Å². The lowest BCUT2D eigenvalue weighted by atomic mass is 10.0. The Morgan fingerprint density at radius 3 is 2.73 bits per heavy atom. The third-order valence-electron chi connectivity index (χ3n) is 7.73. The maximum atomic E-state index is 15.3. The number of aromatic nitrogens is 1.